The highest BCUT2D eigenvalue weighted by atomic mass is 16.7. The molecule has 0 radical (unpaired) electrons. The predicted molar refractivity (Wildman–Crippen MR) is 107 cm³/mol. The number of aromatic nitrogens is 1. The second-order valence-electron chi connectivity index (χ2n) is 6.43. The molecule has 142 valence electrons. The fourth-order valence-corrected chi connectivity index (χ4v) is 2.80. The van der Waals surface area contributed by atoms with Gasteiger partial charge >= 0.3 is 0 Å². The molecule has 2 aliphatic rings. The fourth-order valence-electron chi connectivity index (χ4n) is 2.80. The Labute approximate surface area is 157 Å². The Bertz CT molecular complexity index is 591. The summed E-state index contributed by atoms with van der Waals surface area (Å²) >= 11 is 0. The van der Waals surface area contributed by atoms with Crippen LogP contribution in [0, 0.1) is 0 Å². The molecule has 0 aliphatic carbocycles. The molecule has 1 atom stereocenters. The van der Waals surface area contributed by atoms with E-state index in [4.69, 9.17) is 15.2 Å². The molecule has 0 bridgehead atoms. The quantitative estimate of drug-likeness (QED) is 0.872. The highest BCUT2D eigenvalue weighted by molar-refractivity contribution is 5.37. The van der Waals surface area contributed by atoms with Crippen molar-refractivity contribution in [2.45, 2.75) is 38.7 Å². The lowest BCUT2D eigenvalue weighted by Gasteiger charge is -2.20. The minimum absolute atomic E-state index is 0.0566. The van der Waals surface area contributed by atoms with Crippen molar-refractivity contribution in [1.29, 1.82) is 0 Å². The van der Waals surface area contributed by atoms with Crippen LogP contribution in [0.2, 0.25) is 0 Å². The summed E-state index contributed by atoms with van der Waals surface area (Å²) in [7, 11) is 0. The minimum Gasteiger partial charge on any atom is -0.468 e. The Balaban J connectivity index is 0.000000187. The van der Waals surface area contributed by atoms with Gasteiger partial charge in [-0.3, -0.25) is 0 Å². The van der Waals surface area contributed by atoms with Crippen LogP contribution in [0.5, 0.6) is 0 Å². The molecular formula is C21H31N3O2. The van der Waals surface area contributed by atoms with Crippen LogP contribution in [0.4, 0.5) is 5.82 Å². The van der Waals surface area contributed by atoms with E-state index in [2.05, 4.69) is 28.6 Å². The maximum absolute atomic E-state index is 5.52. The Morgan fingerprint density at radius 3 is 2.65 bits per heavy atom. The highest BCUT2D eigenvalue weighted by Gasteiger charge is 2.09. The molecule has 1 aromatic heterocycles. The second-order valence-corrected chi connectivity index (χ2v) is 6.43. The van der Waals surface area contributed by atoms with Gasteiger partial charge in [0.15, 0.2) is 6.79 Å². The first-order valence-corrected chi connectivity index (χ1v) is 9.38. The van der Waals surface area contributed by atoms with Crippen LogP contribution in [0.25, 0.3) is 0 Å². The molecule has 0 spiro atoms. The Morgan fingerprint density at radius 2 is 2.00 bits per heavy atom. The van der Waals surface area contributed by atoms with Gasteiger partial charge in [-0.25, -0.2) is 4.98 Å². The van der Waals surface area contributed by atoms with Gasteiger partial charge in [-0.2, -0.15) is 0 Å². The minimum atomic E-state index is 0.0566. The van der Waals surface area contributed by atoms with Crippen molar-refractivity contribution in [2.24, 2.45) is 5.73 Å². The second kappa shape index (κ2) is 11.5. The van der Waals surface area contributed by atoms with E-state index >= 15 is 0 Å². The third-order valence-electron chi connectivity index (χ3n) is 4.40. The zero-order valence-corrected chi connectivity index (χ0v) is 15.8. The van der Waals surface area contributed by atoms with Gasteiger partial charge in [0, 0.05) is 31.4 Å². The smallest absolute Gasteiger partial charge is 0.189 e. The lowest BCUT2D eigenvalue weighted by molar-refractivity contribution is -0.0398. The summed E-state index contributed by atoms with van der Waals surface area (Å²) in [6.45, 7) is 8.71. The Hall–Kier alpha value is -2.11. The van der Waals surface area contributed by atoms with E-state index in [9.17, 15) is 0 Å². The normalized spacial score (nSPS) is 24.4. The van der Waals surface area contributed by atoms with Crippen LogP contribution >= 0.6 is 0 Å². The number of nitrogens with two attached hydrogens (primary N) is 1. The third-order valence-corrected chi connectivity index (χ3v) is 4.40. The zero-order valence-electron chi connectivity index (χ0n) is 15.8. The van der Waals surface area contributed by atoms with E-state index in [0.29, 0.717) is 12.3 Å². The lowest BCUT2D eigenvalue weighted by Crippen LogP contribution is -2.24. The van der Waals surface area contributed by atoms with Gasteiger partial charge in [0.05, 0.1) is 6.10 Å². The van der Waals surface area contributed by atoms with Gasteiger partial charge < -0.3 is 20.1 Å². The van der Waals surface area contributed by atoms with E-state index < -0.39 is 0 Å². The van der Waals surface area contributed by atoms with E-state index in [0.717, 1.165) is 11.4 Å². The number of hydrogen-bond acceptors (Lipinski definition) is 5. The van der Waals surface area contributed by atoms with Crippen molar-refractivity contribution >= 4 is 5.82 Å². The lowest BCUT2D eigenvalue weighted by atomic mass is 10.2. The van der Waals surface area contributed by atoms with Crippen LogP contribution in [-0.4, -0.2) is 37.5 Å². The van der Waals surface area contributed by atoms with Crippen LogP contribution in [0.15, 0.2) is 60.5 Å². The van der Waals surface area contributed by atoms with E-state index in [1.54, 1.807) is 0 Å². The van der Waals surface area contributed by atoms with Crippen molar-refractivity contribution in [3.05, 3.63) is 60.5 Å². The monoisotopic (exact) mass is 357 g/mol. The summed E-state index contributed by atoms with van der Waals surface area (Å²) in [5, 5.41) is 0. The first-order valence-electron chi connectivity index (χ1n) is 9.38. The van der Waals surface area contributed by atoms with E-state index in [-0.39, 0.29) is 12.9 Å². The number of pyridine rings is 1. The maximum Gasteiger partial charge on any atom is 0.189 e. The summed E-state index contributed by atoms with van der Waals surface area (Å²) in [5.41, 5.74) is 6.41. The summed E-state index contributed by atoms with van der Waals surface area (Å²) in [5.74, 6) is 1.73. The molecule has 2 aliphatic heterocycles. The van der Waals surface area contributed by atoms with E-state index in [1.165, 1.54) is 38.8 Å². The molecule has 0 saturated carbocycles. The first kappa shape index (κ1) is 20.2. The highest BCUT2D eigenvalue weighted by Crippen LogP contribution is 2.16. The molecule has 26 heavy (non-hydrogen) atoms. The van der Waals surface area contributed by atoms with Crippen molar-refractivity contribution < 1.29 is 9.47 Å². The molecule has 1 fully saturated rings. The van der Waals surface area contributed by atoms with Crippen LogP contribution < -0.4 is 10.6 Å². The fraction of sp³-hybridized carbons (Fsp3) is 0.476. The number of nitrogens with zero attached hydrogens (tertiary/aromatic N) is 2. The zero-order chi connectivity index (χ0) is 18.6. The summed E-state index contributed by atoms with van der Waals surface area (Å²) < 4.78 is 10.5. The number of anilines is 1. The van der Waals surface area contributed by atoms with Crippen molar-refractivity contribution in [3.8, 4) is 0 Å². The topological polar surface area (TPSA) is 60.6 Å². The molecule has 1 saturated heterocycles. The molecule has 1 aromatic rings. The van der Waals surface area contributed by atoms with Crippen LogP contribution in [-0.2, 0) is 9.47 Å². The number of allylic oxidation sites excluding steroid dienone is 2. The number of hydrogen-bond donors (Lipinski definition) is 1. The summed E-state index contributed by atoms with van der Waals surface area (Å²) in [6.07, 6.45) is 13.1. The van der Waals surface area contributed by atoms with Gasteiger partial charge in [0.1, 0.15) is 11.6 Å². The van der Waals surface area contributed by atoms with Gasteiger partial charge in [0.25, 0.3) is 0 Å². The maximum atomic E-state index is 5.52. The van der Waals surface area contributed by atoms with Crippen molar-refractivity contribution in [1.82, 2.24) is 4.98 Å². The predicted octanol–water partition coefficient (Wildman–Crippen LogP) is 3.80. The molecule has 0 aromatic carbocycles. The molecule has 5 nitrogen and oxygen atoms in total. The van der Waals surface area contributed by atoms with Gasteiger partial charge in [0.2, 0.25) is 0 Å². The first-order chi connectivity index (χ1) is 12.7. The third kappa shape index (κ3) is 7.02. The standard InChI is InChI=1S/C11H16N2.C10H15NO2/c1-2-6-10-13(9-5-1)11-7-3-4-8-12-11;1-8-4-3-5-10(6-11)9(2)13-7-12-8/h3-4,7-8H,1-2,5-6,9-10H2;3-5,8H,2,6-7,11H2,1H3/b;4-3-,10-5-. The Kier molecular flexibility index (Phi) is 8.93. The van der Waals surface area contributed by atoms with Crippen LogP contribution in [0.3, 0.4) is 0 Å². The number of ether oxygens (including phenoxy) is 2. The largest absolute Gasteiger partial charge is 0.468 e. The molecular weight excluding hydrogens is 326 g/mol. The molecule has 0 amide bonds. The molecule has 2 N–H and O–H groups in total. The molecule has 5 heteroatoms. The average Bonchev–Trinajstić information content (AvgIpc) is 2.92. The SMILES string of the molecule is C=C1OCOC(C)/C=C\C=C/1CN.c1ccc(N2CCCCCC2)nc1. The Morgan fingerprint density at radius 1 is 1.23 bits per heavy atom. The number of rotatable bonds is 2. The van der Waals surface area contributed by atoms with Crippen molar-refractivity contribution in [2.75, 3.05) is 31.3 Å². The molecule has 3 rings (SSSR count). The van der Waals surface area contributed by atoms with Crippen molar-refractivity contribution in [3.63, 3.8) is 0 Å². The molecule has 3 heterocycles. The van der Waals surface area contributed by atoms with Crippen LogP contribution in [0.1, 0.15) is 32.6 Å². The molecule has 1 unspecified atom stereocenters. The van der Waals surface area contributed by atoms with Gasteiger partial charge in [-0.1, -0.05) is 43.7 Å². The average molecular weight is 357 g/mol. The van der Waals surface area contributed by atoms with E-state index in [1.807, 2.05) is 37.4 Å². The van der Waals surface area contributed by atoms with Gasteiger partial charge in [-0.05, 0) is 31.9 Å². The van der Waals surface area contributed by atoms with Gasteiger partial charge in [-0.15, -0.1) is 0 Å². The summed E-state index contributed by atoms with van der Waals surface area (Å²) in [4.78, 5) is 6.77. The summed E-state index contributed by atoms with van der Waals surface area (Å²) in [6, 6.07) is 6.14.